The summed E-state index contributed by atoms with van der Waals surface area (Å²) in [5, 5.41) is 3.60. The molecule has 0 atom stereocenters. The average Bonchev–Trinajstić information content (AvgIpc) is 2.62. The molecular formula is C13H24N2O. The standard InChI is InChI=1S/C13H24N2O/c14-12(16)13(9-5-1-2-6-10-13)15-11-7-3-4-8-11/h11,15H,1-10H2,(H2,14,16). The zero-order chi connectivity index (χ0) is 11.4. The molecule has 0 aromatic heterocycles. The van der Waals surface area contributed by atoms with Crippen LogP contribution in [-0.4, -0.2) is 17.5 Å². The van der Waals surface area contributed by atoms with Crippen LogP contribution in [0.25, 0.3) is 0 Å². The van der Waals surface area contributed by atoms with Crippen LogP contribution in [-0.2, 0) is 4.79 Å². The molecule has 2 rings (SSSR count). The summed E-state index contributed by atoms with van der Waals surface area (Å²) in [5.41, 5.74) is 5.26. The van der Waals surface area contributed by atoms with E-state index in [-0.39, 0.29) is 11.4 Å². The first-order valence-electron chi connectivity index (χ1n) is 6.81. The Morgan fingerprint density at radius 2 is 1.56 bits per heavy atom. The third kappa shape index (κ3) is 2.57. The van der Waals surface area contributed by atoms with E-state index in [0.29, 0.717) is 6.04 Å². The molecule has 0 radical (unpaired) electrons. The number of hydrogen-bond donors (Lipinski definition) is 2. The van der Waals surface area contributed by atoms with E-state index < -0.39 is 0 Å². The van der Waals surface area contributed by atoms with Crippen LogP contribution in [0.1, 0.15) is 64.2 Å². The van der Waals surface area contributed by atoms with E-state index in [4.69, 9.17) is 5.73 Å². The summed E-state index contributed by atoms with van der Waals surface area (Å²) in [7, 11) is 0. The van der Waals surface area contributed by atoms with Crippen molar-refractivity contribution in [2.45, 2.75) is 75.8 Å². The van der Waals surface area contributed by atoms with Gasteiger partial charge in [-0.3, -0.25) is 4.79 Å². The van der Waals surface area contributed by atoms with Gasteiger partial charge in [0.25, 0.3) is 0 Å². The molecule has 0 aromatic rings. The fraction of sp³-hybridized carbons (Fsp3) is 0.923. The monoisotopic (exact) mass is 224 g/mol. The fourth-order valence-electron chi connectivity index (χ4n) is 3.25. The lowest BCUT2D eigenvalue weighted by Crippen LogP contribution is -2.58. The average molecular weight is 224 g/mol. The SMILES string of the molecule is NC(=O)C1(NC2CCCC2)CCCCCC1. The Kier molecular flexibility index (Phi) is 3.85. The van der Waals surface area contributed by atoms with Gasteiger partial charge in [-0.2, -0.15) is 0 Å². The Morgan fingerprint density at radius 1 is 1.00 bits per heavy atom. The number of primary amides is 1. The predicted octanol–water partition coefficient (Wildman–Crippen LogP) is 2.10. The maximum absolute atomic E-state index is 11.8. The second-order valence-electron chi connectivity index (χ2n) is 5.49. The first-order chi connectivity index (χ1) is 7.73. The lowest BCUT2D eigenvalue weighted by molar-refractivity contribution is -0.125. The maximum atomic E-state index is 11.8. The molecule has 3 N–H and O–H groups in total. The molecule has 2 aliphatic carbocycles. The van der Waals surface area contributed by atoms with E-state index in [1.165, 1.54) is 38.5 Å². The molecule has 0 saturated heterocycles. The zero-order valence-electron chi connectivity index (χ0n) is 10.1. The van der Waals surface area contributed by atoms with Gasteiger partial charge in [-0.05, 0) is 25.7 Å². The Morgan fingerprint density at radius 3 is 2.06 bits per heavy atom. The van der Waals surface area contributed by atoms with Crippen LogP contribution in [0.4, 0.5) is 0 Å². The van der Waals surface area contributed by atoms with Gasteiger partial charge in [0.15, 0.2) is 0 Å². The van der Waals surface area contributed by atoms with Crippen molar-refractivity contribution in [1.29, 1.82) is 0 Å². The molecule has 2 fully saturated rings. The van der Waals surface area contributed by atoms with Crippen molar-refractivity contribution >= 4 is 5.91 Å². The molecule has 3 nitrogen and oxygen atoms in total. The molecule has 0 heterocycles. The van der Waals surface area contributed by atoms with Gasteiger partial charge in [-0.1, -0.05) is 38.5 Å². The quantitative estimate of drug-likeness (QED) is 0.721. The van der Waals surface area contributed by atoms with E-state index in [2.05, 4.69) is 5.32 Å². The summed E-state index contributed by atoms with van der Waals surface area (Å²) in [6.45, 7) is 0. The van der Waals surface area contributed by atoms with Gasteiger partial charge < -0.3 is 11.1 Å². The molecule has 0 aliphatic heterocycles. The lowest BCUT2D eigenvalue weighted by Gasteiger charge is -2.33. The fourth-order valence-corrected chi connectivity index (χ4v) is 3.25. The topological polar surface area (TPSA) is 55.1 Å². The first kappa shape index (κ1) is 11.9. The van der Waals surface area contributed by atoms with Crippen LogP contribution in [0.5, 0.6) is 0 Å². The van der Waals surface area contributed by atoms with Gasteiger partial charge >= 0.3 is 0 Å². The van der Waals surface area contributed by atoms with Crippen LogP contribution < -0.4 is 11.1 Å². The summed E-state index contributed by atoms with van der Waals surface area (Å²) < 4.78 is 0. The zero-order valence-corrected chi connectivity index (χ0v) is 10.1. The van der Waals surface area contributed by atoms with E-state index in [1.54, 1.807) is 0 Å². The van der Waals surface area contributed by atoms with Crippen molar-refractivity contribution in [2.24, 2.45) is 5.73 Å². The van der Waals surface area contributed by atoms with Crippen molar-refractivity contribution in [2.75, 3.05) is 0 Å². The molecule has 1 amide bonds. The van der Waals surface area contributed by atoms with Crippen LogP contribution in [0.3, 0.4) is 0 Å². The van der Waals surface area contributed by atoms with Crippen LogP contribution in [0.15, 0.2) is 0 Å². The molecule has 16 heavy (non-hydrogen) atoms. The molecule has 92 valence electrons. The molecule has 0 unspecified atom stereocenters. The van der Waals surface area contributed by atoms with Crippen molar-refractivity contribution < 1.29 is 4.79 Å². The van der Waals surface area contributed by atoms with Crippen LogP contribution in [0, 0.1) is 0 Å². The van der Waals surface area contributed by atoms with Crippen LogP contribution in [0.2, 0.25) is 0 Å². The highest BCUT2D eigenvalue weighted by molar-refractivity contribution is 5.84. The van der Waals surface area contributed by atoms with Crippen molar-refractivity contribution in [1.82, 2.24) is 5.32 Å². The third-order valence-electron chi connectivity index (χ3n) is 4.26. The van der Waals surface area contributed by atoms with Gasteiger partial charge in [0.2, 0.25) is 5.91 Å². The summed E-state index contributed by atoms with van der Waals surface area (Å²) >= 11 is 0. The minimum absolute atomic E-state index is 0.124. The number of carbonyl (C=O) groups is 1. The van der Waals surface area contributed by atoms with Crippen molar-refractivity contribution in [3.05, 3.63) is 0 Å². The Labute approximate surface area is 98.2 Å². The molecule has 2 aliphatic rings. The second-order valence-corrected chi connectivity index (χ2v) is 5.49. The minimum atomic E-state index is -0.383. The van der Waals surface area contributed by atoms with Gasteiger partial charge in [0.05, 0.1) is 5.54 Å². The molecular weight excluding hydrogens is 200 g/mol. The van der Waals surface area contributed by atoms with Gasteiger partial charge in [-0.25, -0.2) is 0 Å². The van der Waals surface area contributed by atoms with Crippen LogP contribution >= 0.6 is 0 Å². The highest BCUT2D eigenvalue weighted by atomic mass is 16.1. The molecule has 0 spiro atoms. The molecule has 0 bridgehead atoms. The molecule has 3 heteroatoms. The summed E-state index contributed by atoms with van der Waals surface area (Å²) in [6.07, 6.45) is 11.7. The number of rotatable bonds is 3. The summed E-state index contributed by atoms with van der Waals surface area (Å²) in [6, 6.07) is 0.533. The second kappa shape index (κ2) is 5.17. The Hall–Kier alpha value is -0.570. The number of nitrogens with one attached hydrogen (secondary N) is 1. The number of carbonyl (C=O) groups excluding carboxylic acids is 1. The number of hydrogen-bond acceptors (Lipinski definition) is 2. The van der Waals surface area contributed by atoms with E-state index in [0.717, 1.165) is 25.7 Å². The lowest BCUT2D eigenvalue weighted by atomic mass is 9.88. The van der Waals surface area contributed by atoms with E-state index in [1.807, 2.05) is 0 Å². The first-order valence-corrected chi connectivity index (χ1v) is 6.81. The number of nitrogens with two attached hydrogens (primary N) is 1. The van der Waals surface area contributed by atoms with Gasteiger partial charge in [0.1, 0.15) is 0 Å². The predicted molar refractivity (Wildman–Crippen MR) is 65.0 cm³/mol. The molecule has 0 aromatic carbocycles. The smallest absolute Gasteiger partial charge is 0.237 e. The molecule has 2 saturated carbocycles. The van der Waals surface area contributed by atoms with Crippen molar-refractivity contribution in [3.8, 4) is 0 Å². The highest BCUT2D eigenvalue weighted by Crippen LogP contribution is 2.30. The maximum Gasteiger partial charge on any atom is 0.237 e. The van der Waals surface area contributed by atoms with Gasteiger partial charge in [0, 0.05) is 6.04 Å². The van der Waals surface area contributed by atoms with E-state index in [9.17, 15) is 4.79 Å². The van der Waals surface area contributed by atoms with Crippen molar-refractivity contribution in [3.63, 3.8) is 0 Å². The summed E-state index contributed by atoms with van der Waals surface area (Å²) in [5.74, 6) is -0.124. The summed E-state index contributed by atoms with van der Waals surface area (Å²) in [4.78, 5) is 11.8. The number of amides is 1. The third-order valence-corrected chi connectivity index (χ3v) is 4.26. The normalized spacial score (nSPS) is 26.5. The highest BCUT2D eigenvalue weighted by Gasteiger charge is 2.38. The Balaban J connectivity index is 2.03. The van der Waals surface area contributed by atoms with E-state index >= 15 is 0 Å². The largest absolute Gasteiger partial charge is 0.368 e. The minimum Gasteiger partial charge on any atom is -0.368 e. The van der Waals surface area contributed by atoms with Gasteiger partial charge in [-0.15, -0.1) is 0 Å². The Bertz CT molecular complexity index is 238.